The molecular weight excluding hydrogens is 438 g/mol. The summed E-state index contributed by atoms with van der Waals surface area (Å²) in [7, 11) is -3.66. The number of nitrogens with two attached hydrogens (primary N) is 2. The fourth-order valence-electron chi connectivity index (χ4n) is 2.50. The van der Waals surface area contributed by atoms with E-state index in [1.807, 2.05) is 6.92 Å². The fourth-order valence-corrected chi connectivity index (χ4v) is 4.72. The van der Waals surface area contributed by atoms with Crippen LogP contribution >= 0.6 is 28.3 Å². The maximum atomic E-state index is 12.8. The van der Waals surface area contributed by atoms with Crippen molar-refractivity contribution in [2.45, 2.75) is 18.7 Å². The van der Waals surface area contributed by atoms with E-state index >= 15 is 0 Å². The van der Waals surface area contributed by atoms with Gasteiger partial charge in [0, 0.05) is 22.3 Å². The van der Waals surface area contributed by atoms with E-state index in [2.05, 4.69) is 9.98 Å². The number of halogens is 1. The Bertz CT molecular complexity index is 1050. The van der Waals surface area contributed by atoms with Gasteiger partial charge in [0.1, 0.15) is 0 Å². The monoisotopic (exact) mass is 455 g/mol. The molecule has 3 aromatic rings. The van der Waals surface area contributed by atoms with Crippen molar-refractivity contribution in [1.82, 2.24) is 8.96 Å². The van der Waals surface area contributed by atoms with Crippen molar-refractivity contribution in [3.05, 3.63) is 53.2 Å². The summed E-state index contributed by atoms with van der Waals surface area (Å²) in [5, 5.41) is 0.436. The van der Waals surface area contributed by atoms with E-state index in [1.165, 1.54) is 21.5 Å². The first-order valence-electron chi connectivity index (χ1n) is 7.36. The number of hydrogen-bond donors (Lipinski definition) is 2. The van der Waals surface area contributed by atoms with Crippen LogP contribution < -0.4 is 11.5 Å². The van der Waals surface area contributed by atoms with Crippen LogP contribution in [0.25, 0.3) is 11.3 Å². The molecule has 26 heavy (non-hydrogen) atoms. The predicted molar refractivity (Wildman–Crippen MR) is 110 cm³/mol. The number of rotatable bonds is 4. The van der Waals surface area contributed by atoms with Gasteiger partial charge in [-0.05, 0) is 32.0 Å². The van der Waals surface area contributed by atoms with Gasteiger partial charge < -0.3 is 11.5 Å². The predicted octanol–water partition coefficient (Wildman–Crippen LogP) is 2.95. The zero-order valence-electron chi connectivity index (χ0n) is 14.1. The average Bonchev–Trinajstić information content (AvgIpc) is 3.10. The second kappa shape index (κ2) is 7.60. The first-order valence-corrected chi connectivity index (χ1v) is 9.62. The Balaban J connectivity index is 0.00000243. The van der Waals surface area contributed by atoms with Crippen molar-refractivity contribution in [3.8, 4) is 11.3 Å². The number of nitrogens with zero attached hydrogens (tertiary/aromatic N) is 3. The molecule has 10 heteroatoms. The lowest BCUT2D eigenvalue weighted by atomic mass is 10.2. The maximum absolute atomic E-state index is 12.8. The third kappa shape index (κ3) is 3.67. The SMILES string of the molecule is Br.Cc1sc(N=C(N)N)nc1-c1ccn(S(=O)(=O)c2ccccc2)c1C. The Kier molecular flexibility index (Phi) is 5.89. The van der Waals surface area contributed by atoms with Gasteiger partial charge in [0.2, 0.25) is 5.13 Å². The summed E-state index contributed by atoms with van der Waals surface area (Å²) < 4.78 is 26.9. The van der Waals surface area contributed by atoms with Crippen molar-refractivity contribution in [2.75, 3.05) is 0 Å². The average molecular weight is 456 g/mol. The maximum Gasteiger partial charge on any atom is 0.267 e. The minimum absolute atomic E-state index is 0. The zero-order chi connectivity index (χ0) is 18.2. The summed E-state index contributed by atoms with van der Waals surface area (Å²) in [6, 6.07) is 10.0. The third-order valence-corrected chi connectivity index (χ3v) is 6.31. The highest BCUT2D eigenvalue weighted by Gasteiger charge is 2.22. The van der Waals surface area contributed by atoms with Crippen molar-refractivity contribution in [3.63, 3.8) is 0 Å². The second-order valence-corrected chi connectivity index (χ2v) is 8.36. The van der Waals surface area contributed by atoms with Crippen molar-refractivity contribution in [2.24, 2.45) is 16.5 Å². The summed E-state index contributed by atoms with van der Waals surface area (Å²) in [5.74, 6) is -0.0683. The summed E-state index contributed by atoms with van der Waals surface area (Å²) in [6.45, 7) is 3.63. The van der Waals surface area contributed by atoms with E-state index < -0.39 is 10.0 Å². The Hall–Kier alpha value is -2.17. The molecule has 0 amide bonds. The van der Waals surface area contributed by atoms with E-state index in [-0.39, 0.29) is 27.8 Å². The van der Waals surface area contributed by atoms with E-state index in [1.54, 1.807) is 43.3 Å². The first kappa shape index (κ1) is 20.1. The summed E-state index contributed by atoms with van der Waals surface area (Å²) in [4.78, 5) is 9.50. The molecule has 4 N–H and O–H groups in total. The van der Waals surface area contributed by atoms with Crippen LogP contribution in [0, 0.1) is 13.8 Å². The number of aryl methyl sites for hydroxylation is 1. The highest BCUT2D eigenvalue weighted by molar-refractivity contribution is 8.93. The molecule has 2 heterocycles. The van der Waals surface area contributed by atoms with Gasteiger partial charge in [0.25, 0.3) is 10.0 Å². The van der Waals surface area contributed by atoms with E-state index in [0.717, 1.165) is 10.4 Å². The van der Waals surface area contributed by atoms with Crippen molar-refractivity contribution in [1.29, 1.82) is 0 Å². The van der Waals surface area contributed by atoms with Crippen molar-refractivity contribution >= 4 is 49.4 Å². The van der Waals surface area contributed by atoms with Gasteiger partial charge in [-0.1, -0.05) is 29.5 Å². The molecule has 0 atom stereocenters. The molecular formula is C16H18BrN5O2S2. The summed E-state index contributed by atoms with van der Waals surface area (Å²) in [5.41, 5.74) is 12.8. The first-order chi connectivity index (χ1) is 11.8. The molecule has 0 aliphatic carbocycles. The Morgan fingerprint density at radius 2 is 1.81 bits per heavy atom. The molecule has 7 nitrogen and oxygen atoms in total. The van der Waals surface area contributed by atoms with Crippen molar-refractivity contribution < 1.29 is 8.42 Å². The Labute approximate surface area is 166 Å². The fraction of sp³-hybridized carbons (Fsp3) is 0.125. The van der Waals surface area contributed by atoms with Gasteiger partial charge in [0.05, 0.1) is 10.6 Å². The number of hydrogen-bond acceptors (Lipinski definition) is 5. The number of benzene rings is 1. The van der Waals surface area contributed by atoms with Crippen LogP contribution in [-0.2, 0) is 10.0 Å². The van der Waals surface area contributed by atoms with E-state index in [0.29, 0.717) is 16.5 Å². The lowest BCUT2D eigenvalue weighted by Gasteiger charge is -2.09. The smallest absolute Gasteiger partial charge is 0.267 e. The molecule has 0 saturated carbocycles. The van der Waals surface area contributed by atoms with Gasteiger partial charge in [-0.3, -0.25) is 0 Å². The number of aromatic nitrogens is 2. The summed E-state index contributed by atoms with van der Waals surface area (Å²) >= 11 is 1.34. The molecule has 0 bridgehead atoms. The minimum Gasteiger partial charge on any atom is -0.370 e. The molecule has 138 valence electrons. The molecule has 0 unspecified atom stereocenters. The van der Waals surface area contributed by atoms with Gasteiger partial charge in [-0.15, -0.1) is 17.0 Å². The van der Waals surface area contributed by atoms with E-state index in [4.69, 9.17) is 11.5 Å². The Morgan fingerprint density at radius 3 is 2.42 bits per heavy atom. The Morgan fingerprint density at radius 1 is 1.15 bits per heavy atom. The van der Waals surface area contributed by atoms with Crippen LogP contribution in [0.5, 0.6) is 0 Å². The molecule has 0 saturated heterocycles. The van der Waals surface area contributed by atoms with Crippen LogP contribution in [0.4, 0.5) is 5.13 Å². The van der Waals surface area contributed by atoms with Crippen LogP contribution in [0.1, 0.15) is 10.6 Å². The largest absolute Gasteiger partial charge is 0.370 e. The van der Waals surface area contributed by atoms with Crippen LogP contribution in [0.3, 0.4) is 0 Å². The van der Waals surface area contributed by atoms with E-state index in [9.17, 15) is 8.42 Å². The zero-order valence-corrected chi connectivity index (χ0v) is 17.4. The lowest BCUT2D eigenvalue weighted by molar-refractivity contribution is 0.586. The molecule has 0 aliphatic heterocycles. The van der Waals surface area contributed by atoms with Crippen LogP contribution in [0.15, 0.2) is 52.5 Å². The number of thiazole rings is 1. The number of guanidine groups is 1. The molecule has 0 spiro atoms. The van der Waals surface area contributed by atoms with Gasteiger partial charge in [-0.2, -0.15) is 4.99 Å². The highest BCUT2D eigenvalue weighted by Crippen LogP contribution is 2.34. The minimum atomic E-state index is -3.66. The third-order valence-electron chi connectivity index (χ3n) is 3.66. The van der Waals surface area contributed by atoms with Crippen LogP contribution in [0.2, 0.25) is 0 Å². The lowest BCUT2D eigenvalue weighted by Crippen LogP contribution is -2.21. The van der Waals surface area contributed by atoms with Crippen LogP contribution in [-0.4, -0.2) is 23.3 Å². The highest BCUT2D eigenvalue weighted by atomic mass is 79.9. The summed E-state index contributed by atoms with van der Waals surface area (Å²) in [6.07, 6.45) is 1.53. The molecule has 3 rings (SSSR count). The molecule has 0 radical (unpaired) electrons. The van der Waals surface area contributed by atoms with Gasteiger partial charge in [0.15, 0.2) is 5.96 Å². The molecule has 2 aromatic heterocycles. The normalized spacial score (nSPS) is 11.0. The molecule has 1 aromatic carbocycles. The standard InChI is InChI=1S/C16H17N5O2S2.BrH/c1-10-13(14-11(2)24-16(19-14)20-15(17)18)8-9-21(10)25(22,23)12-6-4-3-5-7-12;/h3-9H,1-2H3,(H4,17,18,19,20);1H. The number of aliphatic imine (C=N–C) groups is 1. The topological polar surface area (TPSA) is 116 Å². The quantitative estimate of drug-likeness (QED) is 0.463. The second-order valence-electron chi connectivity index (χ2n) is 5.37. The molecule has 0 fully saturated rings. The van der Waals surface area contributed by atoms with Gasteiger partial charge >= 0.3 is 0 Å². The van der Waals surface area contributed by atoms with Gasteiger partial charge in [-0.25, -0.2) is 17.4 Å². The molecule has 0 aliphatic rings.